The largest absolute Gasteiger partial charge is 0.278 e. The molecule has 0 saturated carbocycles. The van der Waals surface area contributed by atoms with Crippen LogP contribution in [0.2, 0.25) is 0 Å². The monoisotopic (exact) mass is 220 g/mol. The number of nitrogens with zero attached hydrogens (tertiary/aromatic N) is 2. The van der Waals surface area contributed by atoms with Crippen LogP contribution in [0.4, 0.5) is 0 Å². The molecule has 2 aromatic rings. The second-order valence-corrected chi connectivity index (χ2v) is 5.06. The number of benzene rings is 1. The highest BCUT2D eigenvalue weighted by molar-refractivity contribution is 8.00. The molecule has 0 radical (unpaired) electrons. The Kier molecular flexibility index (Phi) is 2.03. The van der Waals surface area contributed by atoms with Crippen molar-refractivity contribution in [3.05, 3.63) is 29.3 Å². The lowest BCUT2D eigenvalue weighted by atomic mass is 10.2. The summed E-state index contributed by atoms with van der Waals surface area (Å²) in [6.07, 6.45) is 1.99. The summed E-state index contributed by atoms with van der Waals surface area (Å²) >= 11 is 3.54. The first kappa shape index (κ1) is 8.44. The summed E-state index contributed by atoms with van der Waals surface area (Å²) in [5.74, 6) is 1.02. The van der Waals surface area contributed by atoms with Gasteiger partial charge in [0.2, 0.25) is 0 Å². The third-order valence-corrected chi connectivity index (χ3v) is 4.05. The summed E-state index contributed by atoms with van der Waals surface area (Å²) in [6.45, 7) is 0. The molecule has 2 heterocycles. The fraction of sp³-hybridized carbons (Fsp3) is 0.200. The lowest BCUT2D eigenvalue weighted by molar-refractivity contribution is 1.07. The predicted molar refractivity (Wildman–Crippen MR) is 63.3 cm³/mol. The summed E-state index contributed by atoms with van der Waals surface area (Å²) < 4.78 is 1.25. The Morgan fingerprint density at radius 3 is 3.21 bits per heavy atom. The summed E-state index contributed by atoms with van der Waals surface area (Å²) in [5.41, 5.74) is 4.27. The first-order valence-electron chi connectivity index (χ1n) is 4.40. The van der Waals surface area contributed by atoms with E-state index in [1.165, 1.54) is 10.3 Å². The van der Waals surface area contributed by atoms with Crippen LogP contribution in [0, 0.1) is 0 Å². The van der Waals surface area contributed by atoms with Crippen LogP contribution in [0.25, 0.3) is 10.2 Å². The maximum absolute atomic E-state index is 4.44. The molecule has 1 unspecified atom stereocenters. The molecule has 0 bridgehead atoms. The second kappa shape index (κ2) is 3.37. The van der Waals surface area contributed by atoms with Gasteiger partial charge in [-0.1, -0.05) is 12.1 Å². The molecule has 1 aliphatic rings. The normalized spacial score (nSPS) is 20.7. The minimum atomic E-state index is 0.265. The van der Waals surface area contributed by atoms with Gasteiger partial charge in [0.15, 0.2) is 0 Å². The van der Waals surface area contributed by atoms with Gasteiger partial charge in [0.25, 0.3) is 0 Å². The van der Waals surface area contributed by atoms with Gasteiger partial charge in [-0.2, -0.15) is 0 Å². The lowest BCUT2D eigenvalue weighted by Gasteiger charge is -2.06. The van der Waals surface area contributed by atoms with Crippen LogP contribution < -0.4 is 0 Å². The standard InChI is InChI=1S/C10H8N2S2/c1-2-7(10-11-4-5-13-10)9-8(3-1)14-6-12-9/h1-4,6,10H,5H2. The van der Waals surface area contributed by atoms with E-state index in [4.69, 9.17) is 0 Å². The van der Waals surface area contributed by atoms with Gasteiger partial charge < -0.3 is 0 Å². The molecule has 0 spiro atoms. The number of aromatic nitrogens is 1. The molecule has 1 atom stereocenters. The van der Waals surface area contributed by atoms with Crippen LogP contribution in [0.1, 0.15) is 10.9 Å². The zero-order valence-electron chi connectivity index (χ0n) is 7.38. The number of fused-ring (bicyclic) bond motifs is 1. The molecular weight excluding hydrogens is 212 g/mol. The van der Waals surface area contributed by atoms with Crippen LogP contribution in [-0.2, 0) is 0 Å². The first-order chi connectivity index (χ1) is 6.95. The van der Waals surface area contributed by atoms with Crippen molar-refractivity contribution >= 4 is 39.5 Å². The van der Waals surface area contributed by atoms with E-state index in [0.29, 0.717) is 0 Å². The van der Waals surface area contributed by atoms with E-state index >= 15 is 0 Å². The third kappa shape index (κ3) is 1.26. The minimum absolute atomic E-state index is 0.265. The average molecular weight is 220 g/mol. The van der Waals surface area contributed by atoms with Crippen molar-refractivity contribution in [1.82, 2.24) is 4.98 Å². The zero-order valence-corrected chi connectivity index (χ0v) is 9.02. The molecule has 0 fully saturated rings. The topological polar surface area (TPSA) is 25.2 Å². The van der Waals surface area contributed by atoms with Crippen LogP contribution in [0.5, 0.6) is 0 Å². The molecule has 14 heavy (non-hydrogen) atoms. The number of hydrogen-bond acceptors (Lipinski definition) is 4. The van der Waals surface area contributed by atoms with E-state index in [1.54, 1.807) is 11.3 Å². The van der Waals surface area contributed by atoms with Crippen LogP contribution in [0.15, 0.2) is 28.7 Å². The predicted octanol–water partition coefficient (Wildman–Crippen LogP) is 3.11. The van der Waals surface area contributed by atoms with Crippen LogP contribution in [0.3, 0.4) is 0 Å². The number of thioether (sulfide) groups is 1. The average Bonchev–Trinajstić information content (AvgIpc) is 2.88. The second-order valence-electron chi connectivity index (χ2n) is 3.06. The number of aliphatic imine (C=N–C) groups is 1. The van der Waals surface area contributed by atoms with Crippen molar-refractivity contribution in [2.45, 2.75) is 5.37 Å². The Bertz CT molecular complexity index is 490. The molecule has 3 rings (SSSR count). The zero-order chi connectivity index (χ0) is 9.38. The van der Waals surface area contributed by atoms with Gasteiger partial charge in [0.1, 0.15) is 5.37 Å². The smallest absolute Gasteiger partial charge is 0.122 e. The summed E-state index contributed by atoms with van der Waals surface area (Å²) in [4.78, 5) is 8.83. The molecule has 0 amide bonds. The quantitative estimate of drug-likeness (QED) is 0.737. The molecule has 2 nitrogen and oxygen atoms in total. The van der Waals surface area contributed by atoms with E-state index in [-0.39, 0.29) is 5.37 Å². The molecule has 1 aliphatic heterocycles. The fourth-order valence-corrected chi connectivity index (χ4v) is 3.20. The molecule has 70 valence electrons. The van der Waals surface area contributed by atoms with E-state index in [1.807, 2.05) is 23.5 Å². The van der Waals surface area contributed by atoms with Crippen molar-refractivity contribution < 1.29 is 0 Å². The van der Waals surface area contributed by atoms with Gasteiger partial charge in [-0.3, -0.25) is 4.99 Å². The SMILES string of the molecule is C1=NC(c2cccc3scnc23)SC1. The molecule has 1 aromatic carbocycles. The highest BCUT2D eigenvalue weighted by atomic mass is 32.2. The summed E-state index contributed by atoms with van der Waals surface area (Å²) in [6, 6.07) is 6.33. The molecular formula is C10H8N2S2. The van der Waals surface area contributed by atoms with Gasteiger partial charge in [-0.15, -0.1) is 23.1 Å². The Balaban J connectivity index is 2.19. The van der Waals surface area contributed by atoms with Crippen molar-refractivity contribution in [2.24, 2.45) is 4.99 Å². The number of para-hydroxylation sites is 1. The molecule has 0 saturated heterocycles. The number of thiazole rings is 1. The Morgan fingerprint density at radius 1 is 1.36 bits per heavy atom. The number of rotatable bonds is 1. The fourth-order valence-electron chi connectivity index (χ4n) is 1.59. The summed E-state index contributed by atoms with van der Waals surface area (Å²) in [7, 11) is 0. The van der Waals surface area contributed by atoms with E-state index in [9.17, 15) is 0 Å². The molecule has 1 aromatic heterocycles. The van der Waals surface area contributed by atoms with Gasteiger partial charge in [-0.05, 0) is 6.07 Å². The first-order valence-corrected chi connectivity index (χ1v) is 6.33. The van der Waals surface area contributed by atoms with Gasteiger partial charge in [-0.25, -0.2) is 4.98 Å². The van der Waals surface area contributed by atoms with Gasteiger partial charge in [0.05, 0.1) is 15.7 Å². The van der Waals surface area contributed by atoms with E-state index < -0.39 is 0 Å². The Labute approximate surface area is 90.1 Å². The third-order valence-electron chi connectivity index (χ3n) is 2.23. The molecule has 0 aliphatic carbocycles. The van der Waals surface area contributed by atoms with Crippen LogP contribution in [-0.4, -0.2) is 17.0 Å². The maximum atomic E-state index is 4.44. The maximum Gasteiger partial charge on any atom is 0.122 e. The van der Waals surface area contributed by atoms with Crippen molar-refractivity contribution in [3.8, 4) is 0 Å². The minimum Gasteiger partial charge on any atom is -0.278 e. The van der Waals surface area contributed by atoms with Crippen molar-refractivity contribution in [3.63, 3.8) is 0 Å². The lowest BCUT2D eigenvalue weighted by Crippen LogP contribution is -1.88. The van der Waals surface area contributed by atoms with Gasteiger partial charge in [0, 0.05) is 17.5 Å². The van der Waals surface area contributed by atoms with Crippen molar-refractivity contribution in [2.75, 3.05) is 5.75 Å². The molecule has 0 N–H and O–H groups in total. The number of hydrogen-bond donors (Lipinski definition) is 0. The van der Waals surface area contributed by atoms with Crippen molar-refractivity contribution in [1.29, 1.82) is 0 Å². The van der Waals surface area contributed by atoms with E-state index in [2.05, 4.69) is 28.2 Å². The van der Waals surface area contributed by atoms with Crippen LogP contribution >= 0.6 is 23.1 Å². The Hall–Kier alpha value is -0.870. The molecule has 4 heteroatoms. The van der Waals surface area contributed by atoms with E-state index in [0.717, 1.165) is 11.3 Å². The summed E-state index contributed by atoms with van der Waals surface area (Å²) in [5, 5.41) is 0.265. The highest BCUT2D eigenvalue weighted by Gasteiger charge is 2.17. The van der Waals surface area contributed by atoms with Gasteiger partial charge >= 0.3 is 0 Å². The Morgan fingerprint density at radius 2 is 2.36 bits per heavy atom. The highest BCUT2D eigenvalue weighted by Crippen LogP contribution is 2.37.